The molecule has 1 aromatic heterocycles. The van der Waals surface area contributed by atoms with Gasteiger partial charge in [0.2, 0.25) is 0 Å². The number of halogens is 1. The molecule has 0 atom stereocenters. The molecule has 2 aromatic rings. The lowest BCUT2D eigenvalue weighted by molar-refractivity contribution is 0.0828. The molecule has 1 amide bonds. The van der Waals surface area contributed by atoms with Crippen molar-refractivity contribution in [3.8, 4) is 0 Å². The van der Waals surface area contributed by atoms with Gasteiger partial charge in [-0.15, -0.1) is 0 Å². The largest absolute Gasteiger partial charge is 0.380 e. The van der Waals surface area contributed by atoms with Gasteiger partial charge in [0.1, 0.15) is 0 Å². The minimum Gasteiger partial charge on any atom is -0.380 e. The highest BCUT2D eigenvalue weighted by Crippen LogP contribution is 2.23. The number of aromatic nitrogens is 2. The summed E-state index contributed by atoms with van der Waals surface area (Å²) in [6, 6.07) is 5.23. The fourth-order valence-corrected chi connectivity index (χ4v) is 2.17. The molecule has 6 heteroatoms. The van der Waals surface area contributed by atoms with E-state index in [0.29, 0.717) is 17.1 Å². The van der Waals surface area contributed by atoms with Gasteiger partial charge in [-0.25, -0.2) is 0 Å². The Labute approximate surface area is 129 Å². The highest BCUT2D eigenvalue weighted by Gasteiger charge is 2.14. The fourth-order valence-electron chi connectivity index (χ4n) is 2.00. The van der Waals surface area contributed by atoms with E-state index in [2.05, 4.69) is 10.4 Å². The topological polar surface area (TPSA) is 50.2 Å². The second kappa shape index (κ2) is 6.18. The third-order valence-corrected chi connectivity index (χ3v) is 3.66. The zero-order valence-electron chi connectivity index (χ0n) is 12.6. The molecule has 5 nitrogen and oxygen atoms in total. The lowest BCUT2D eigenvalue weighted by Crippen LogP contribution is -2.23. The average molecular weight is 307 g/mol. The number of carbonyl (C=O) groups is 1. The maximum Gasteiger partial charge on any atom is 0.255 e. The van der Waals surface area contributed by atoms with Gasteiger partial charge in [-0.1, -0.05) is 11.6 Å². The lowest BCUT2D eigenvalue weighted by Gasteiger charge is -2.15. The number of hydrogen-bond acceptors (Lipinski definition) is 3. The van der Waals surface area contributed by atoms with E-state index in [0.717, 1.165) is 16.9 Å². The van der Waals surface area contributed by atoms with Crippen molar-refractivity contribution in [2.45, 2.75) is 13.5 Å². The number of amides is 1. The van der Waals surface area contributed by atoms with Crippen LogP contribution in [0.25, 0.3) is 0 Å². The van der Waals surface area contributed by atoms with E-state index in [9.17, 15) is 4.79 Å². The van der Waals surface area contributed by atoms with Crippen molar-refractivity contribution in [2.24, 2.45) is 7.05 Å². The first-order valence-electron chi connectivity index (χ1n) is 6.62. The van der Waals surface area contributed by atoms with Crippen LogP contribution in [0.5, 0.6) is 0 Å². The molecular weight excluding hydrogens is 288 g/mol. The normalized spacial score (nSPS) is 10.5. The third kappa shape index (κ3) is 3.36. The zero-order valence-corrected chi connectivity index (χ0v) is 13.4. The third-order valence-electron chi connectivity index (χ3n) is 3.42. The van der Waals surface area contributed by atoms with Gasteiger partial charge < -0.3 is 10.2 Å². The van der Waals surface area contributed by atoms with Crippen molar-refractivity contribution in [1.29, 1.82) is 0 Å². The smallest absolute Gasteiger partial charge is 0.255 e. The molecule has 0 spiro atoms. The fraction of sp³-hybridized carbons (Fsp3) is 0.333. The minimum absolute atomic E-state index is 0.0583. The van der Waals surface area contributed by atoms with Crippen molar-refractivity contribution >= 4 is 23.2 Å². The summed E-state index contributed by atoms with van der Waals surface area (Å²) in [5, 5.41) is 8.08. The van der Waals surface area contributed by atoms with Crippen LogP contribution in [0, 0.1) is 6.92 Å². The van der Waals surface area contributed by atoms with E-state index in [1.54, 1.807) is 37.2 Å². The lowest BCUT2D eigenvalue weighted by atomic mass is 10.1. The van der Waals surface area contributed by atoms with Crippen LogP contribution in [0.1, 0.15) is 21.6 Å². The molecule has 0 radical (unpaired) electrons. The maximum absolute atomic E-state index is 12.2. The maximum atomic E-state index is 12.2. The summed E-state index contributed by atoms with van der Waals surface area (Å²) in [6.07, 6.45) is 1.82. The number of carbonyl (C=O) groups excluding carboxylic acids is 1. The molecule has 1 aromatic carbocycles. The molecule has 0 bridgehead atoms. The summed E-state index contributed by atoms with van der Waals surface area (Å²) < 4.78 is 1.82. The van der Waals surface area contributed by atoms with E-state index in [1.165, 1.54) is 0 Å². The summed E-state index contributed by atoms with van der Waals surface area (Å²) in [6.45, 7) is 2.60. The van der Waals surface area contributed by atoms with E-state index in [4.69, 9.17) is 11.6 Å². The zero-order chi connectivity index (χ0) is 15.6. The van der Waals surface area contributed by atoms with Crippen LogP contribution >= 0.6 is 11.6 Å². The molecule has 112 valence electrons. The highest BCUT2D eigenvalue weighted by atomic mass is 35.5. The second-order valence-electron chi connectivity index (χ2n) is 5.12. The van der Waals surface area contributed by atoms with Gasteiger partial charge in [0.25, 0.3) is 5.91 Å². The van der Waals surface area contributed by atoms with Gasteiger partial charge in [0, 0.05) is 49.7 Å². The molecule has 1 heterocycles. The summed E-state index contributed by atoms with van der Waals surface area (Å²) in [5.41, 5.74) is 3.50. The highest BCUT2D eigenvalue weighted by molar-refractivity contribution is 6.31. The Balaban J connectivity index is 2.24. The minimum atomic E-state index is -0.0583. The standard InChI is InChI=1S/C15H19ClN4O/c1-10-11(9-18-20(10)4)8-17-14-7-12(16)5-6-13(14)15(21)19(2)3/h5-7,9,17H,8H2,1-4H3. The van der Waals surface area contributed by atoms with E-state index < -0.39 is 0 Å². The molecule has 0 unspecified atom stereocenters. The number of nitrogens with zero attached hydrogens (tertiary/aromatic N) is 3. The molecule has 2 rings (SSSR count). The van der Waals surface area contributed by atoms with Gasteiger partial charge in [0.15, 0.2) is 0 Å². The number of nitrogens with one attached hydrogen (secondary N) is 1. The SMILES string of the molecule is Cc1c(CNc2cc(Cl)ccc2C(=O)N(C)C)cnn1C. The first kappa shape index (κ1) is 15.4. The predicted molar refractivity (Wildman–Crippen MR) is 84.7 cm³/mol. The van der Waals surface area contributed by atoms with E-state index in [1.807, 2.05) is 24.9 Å². The Morgan fingerprint density at radius 1 is 1.43 bits per heavy atom. The molecule has 0 aliphatic rings. The number of aryl methyl sites for hydroxylation is 1. The van der Waals surface area contributed by atoms with Crippen molar-refractivity contribution in [2.75, 3.05) is 19.4 Å². The number of benzene rings is 1. The van der Waals surface area contributed by atoms with Crippen LogP contribution in [-0.4, -0.2) is 34.7 Å². The summed E-state index contributed by atoms with van der Waals surface area (Å²) in [4.78, 5) is 13.7. The number of anilines is 1. The summed E-state index contributed by atoms with van der Waals surface area (Å²) >= 11 is 6.04. The van der Waals surface area contributed by atoms with Crippen LogP contribution in [0.3, 0.4) is 0 Å². The summed E-state index contributed by atoms with van der Waals surface area (Å²) in [7, 11) is 5.36. The quantitative estimate of drug-likeness (QED) is 0.945. The molecular formula is C15H19ClN4O. The Bertz CT molecular complexity index is 664. The molecule has 0 saturated heterocycles. The first-order valence-corrected chi connectivity index (χ1v) is 7.00. The monoisotopic (exact) mass is 306 g/mol. The van der Waals surface area contributed by atoms with Crippen LogP contribution < -0.4 is 5.32 Å². The Morgan fingerprint density at radius 3 is 2.71 bits per heavy atom. The van der Waals surface area contributed by atoms with Crippen molar-refractivity contribution < 1.29 is 4.79 Å². The molecule has 1 N–H and O–H groups in total. The van der Waals surface area contributed by atoms with Crippen molar-refractivity contribution in [3.05, 3.63) is 46.2 Å². The molecule has 21 heavy (non-hydrogen) atoms. The van der Waals surface area contributed by atoms with Gasteiger partial charge >= 0.3 is 0 Å². The number of rotatable bonds is 4. The van der Waals surface area contributed by atoms with Crippen LogP contribution in [0.4, 0.5) is 5.69 Å². The van der Waals surface area contributed by atoms with Gasteiger partial charge in [0.05, 0.1) is 11.8 Å². The molecule has 0 aliphatic heterocycles. The predicted octanol–water partition coefficient (Wildman–Crippen LogP) is 2.70. The molecule has 0 saturated carbocycles. The van der Waals surface area contributed by atoms with Crippen molar-refractivity contribution in [3.63, 3.8) is 0 Å². The van der Waals surface area contributed by atoms with Gasteiger partial charge in [-0.3, -0.25) is 9.48 Å². The van der Waals surface area contributed by atoms with Crippen molar-refractivity contribution in [1.82, 2.24) is 14.7 Å². The first-order chi connectivity index (χ1) is 9.90. The summed E-state index contributed by atoms with van der Waals surface area (Å²) in [5.74, 6) is -0.0583. The van der Waals surface area contributed by atoms with Gasteiger partial charge in [-0.2, -0.15) is 5.10 Å². The molecule has 0 fully saturated rings. The van der Waals surface area contributed by atoms with Crippen LogP contribution in [0.2, 0.25) is 5.02 Å². The Morgan fingerprint density at radius 2 is 2.14 bits per heavy atom. The number of hydrogen-bond donors (Lipinski definition) is 1. The second-order valence-corrected chi connectivity index (χ2v) is 5.56. The van der Waals surface area contributed by atoms with Crippen LogP contribution in [-0.2, 0) is 13.6 Å². The van der Waals surface area contributed by atoms with Crippen LogP contribution in [0.15, 0.2) is 24.4 Å². The Kier molecular flexibility index (Phi) is 4.53. The molecule has 0 aliphatic carbocycles. The van der Waals surface area contributed by atoms with E-state index in [-0.39, 0.29) is 5.91 Å². The average Bonchev–Trinajstić information content (AvgIpc) is 2.76. The Hall–Kier alpha value is -2.01. The van der Waals surface area contributed by atoms with Gasteiger partial charge in [-0.05, 0) is 25.1 Å². The van der Waals surface area contributed by atoms with E-state index >= 15 is 0 Å².